The summed E-state index contributed by atoms with van der Waals surface area (Å²) in [5.74, 6) is -0.562. The largest absolute Gasteiger partial charge is 0.352 e. The Bertz CT molecular complexity index is 1230. The molecule has 1 unspecified atom stereocenters. The molecule has 0 saturated carbocycles. The number of allylic oxidation sites excluding steroid dienone is 1. The van der Waals surface area contributed by atoms with Crippen molar-refractivity contribution in [1.29, 1.82) is 0 Å². The van der Waals surface area contributed by atoms with Crippen molar-refractivity contribution in [1.82, 2.24) is 15.3 Å². The maximum atomic E-state index is 13.8. The van der Waals surface area contributed by atoms with Crippen molar-refractivity contribution in [2.75, 3.05) is 5.75 Å². The molecule has 0 fully saturated rings. The Labute approximate surface area is 210 Å². The first-order valence-corrected chi connectivity index (χ1v) is 13.2. The number of carbonyl (C=O) groups is 1. The maximum absolute atomic E-state index is 13.8. The quantitative estimate of drug-likeness (QED) is 0.501. The molecule has 0 radical (unpaired) electrons. The fraction of sp³-hybridized carbons (Fsp3) is 0.320. The van der Waals surface area contributed by atoms with Gasteiger partial charge in [-0.15, -0.1) is 11.3 Å². The fourth-order valence-electron chi connectivity index (χ4n) is 3.08. The third-order valence-corrected chi connectivity index (χ3v) is 7.32. The second kappa shape index (κ2) is 11.7. The van der Waals surface area contributed by atoms with Crippen LogP contribution < -0.4 is 11.1 Å². The molecule has 35 heavy (non-hydrogen) atoms. The zero-order valence-electron chi connectivity index (χ0n) is 19.8. The molecule has 6 nitrogen and oxygen atoms in total. The molecular weight excluding hydrogens is 490 g/mol. The number of pyridine rings is 1. The van der Waals surface area contributed by atoms with Crippen LogP contribution in [0.4, 0.5) is 8.78 Å². The molecule has 3 heterocycles. The van der Waals surface area contributed by atoms with Crippen molar-refractivity contribution < 1.29 is 17.8 Å². The van der Waals surface area contributed by atoms with Crippen LogP contribution in [0, 0.1) is 18.6 Å². The molecule has 1 aliphatic rings. The third-order valence-electron chi connectivity index (χ3n) is 5.14. The van der Waals surface area contributed by atoms with E-state index < -0.39 is 28.0 Å². The van der Waals surface area contributed by atoms with Gasteiger partial charge in [-0.1, -0.05) is 6.08 Å². The van der Waals surface area contributed by atoms with Gasteiger partial charge in [-0.2, -0.15) is 0 Å². The first kappa shape index (κ1) is 26.8. The van der Waals surface area contributed by atoms with E-state index in [1.165, 1.54) is 36.6 Å². The molecule has 1 amide bonds. The zero-order chi connectivity index (χ0) is 25.6. The van der Waals surface area contributed by atoms with E-state index in [0.29, 0.717) is 22.0 Å². The summed E-state index contributed by atoms with van der Waals surface area (Å²) >= 11 is 1.23. The number of benzene rings is 1. The second-order valence-electron chi connectivity index (χ2n) is 8.65. The summed E-state index contributed by atoms with van der Waals surface area (Å²) in [6.45, 7) is 5.46. The lowest BCUT2D eigenvalue weighted by molar-refractivity contribution is -0.120. The molecule has 0 spiro atoms. The molecule has 1 aromatic carbocycles. The van der Waals surface area contributed by atoms with E-state index >= 15 is 0 Å². The van der Waals surface area contributed by atoms with Crippen LogP contribution >= 0.6 is 11.3 Å². The standard InChI is InChI=1S/C21H22F2N4OS.C4H6OS/c1-12-15(22)7-14(8-16(12)23)17-11-27-20(29-17)9-19(28)26-10-13-4-5-25-18(6-13)21(2,3)24;5-6-3-1-2-4-6/h4-8,11H,9-10,24H2,1-3H3,(H,26,28);1,3H,2,4H2. The van der Waals surface area contributed by atoms with Gasteiger partial charge in [0.2, 0.25) is 5.91 Å². The summed E-state index contributed by atoms with van der Waals surface area (Å²) in [6, 6.07) is 6.23. The number of rotatable bonds is 6. The fourth-order valence-corrected chi connectivity index (χ4v) is 4.84. The molecule has 186 valence electrons. The van der Waals surface area contributed by atoms with E-state index in [1.807, 2.05) is 32.1 Å². The van der Waals surface area contributed by atoms with Gasteiger partial charge in [0.05, 0.1) is 22.5 Å². The highest BCUT2D eigenvalue weighted by atomic mass is 32.2. The summed E-state index contributed by atoms with van der Waals surface area (Å²) < 4.78 is 37.8. The van der Waals surface area contributed by atoms with Crippen molar-refractivity contribution in [2.45, 2.75) is 45.7 Å². The highest BCUT2D eigenvalue weighted by Gasteiger charge is 2.16. The van der Waals surface area contributed by atoms with E-state index in [4.69, 9.17) is 5.73 Å². The molecule has 4 rings (SSSR count). The van der Waals surface area contributed by atoms with E-state index in [0.717, 1.165) is 23.4 Å². The summed E-state index contributed by atoms with van der Waals surface area (Å²) in [6.07, 6.45) is 6.23. The Kier molecular flexibility index (Phi) is 8.98. The monoisotopic (exact) mass is 518 g/mol. The summed E-state index contributed by atoms with van der Waals surface area (Å²) in [5, 5.41) is 5.16. The van der Waals surface area contributed by atoms with Gasteiger partial charge in [-0.3, -0.25) is 14.0 Å². The minimum absolute atomic E-state index is 0.0184. The van der Waals surface area contributed by atoms with Crippen LogP contribution in [0.15, 0.2) is 48.1 Å². The molecule has 1 atom stereocenters. The molecule has 3 N–H and O–H groups in total. The summed E-state index contributed by atoms with van der Waals surface area (Å²) in [7, 11) is -0.603. The van der Waals surface area contributed by atoms with Gasteiger partial charge < -0.3 is 11.1 Å². The molecular formula is C25H28F2N4O2S2. The van der Waals surface area contributed by atoms with Gasteiger partial charge in [0.25, 0.3) is 0 Å². The minimum atomic E-state index is -0.606. The molecule has 2 aromatic heterocycles. The average Bonchev–Trinajstić information content (AvgIpc) is 3.47. The molecule has 1 aliphatic heterocycles. The molecule has 3 aromatic rings. The number of halogens is 2. The number of hydrogen-bond donors (Lipinski definition) is 2. The van der Waals surface area contributed by atoms with Gasteiger partial charge in [0.1, 0.15) is 16.6 Å². The Morgan fingerprint density at radius 3 is 2.51 bits per heavy atom. The summed E-state index contributed by atoms with van der Waals surface area (Å²) in [5.41, 5.74) is 7.52. The van der Waals surface area contributed by atoms with Crippen molar-refractivity contribution in [3.05, 3.63) is 81.6 Å². The molecule has 10 heteroatoms. The number of amides is 1. The van der Waals surface area contributed by atoms with Crippen LogP contribution in [-0.2, 0) is 34.1 Å². The Balaban J connectivity index is 0.000000497. The van der Waals surface area contributed by atoms with Crippen LogP contribution in [0.1, 0.15) is 42.1 Å². The first-order chi connectivity index (χ1) is 16.5. The lowest BCUT2D eigenvalue weighted by Gasteiger charge is -2.18. The predicted molar refractivity (Wildman–Crippen MR) is 136 cm³/mol. The van der Waals surface area contributed by atoms with Gasteiger partial charge in [-0.05, 0) is 68.0 Å². The molecule has 0 saturated heterocycles. The Morgan fingerprint density at radius 1 is 1.23 bits per heavy atom. The highest BCUT2D eigenvalue weighted by molar-refractivity contribution is 7.88. The van der Waals surface area contributed by atoms with Crippen molar-refractivity contribution in [3.63, 3.8) is 0 Å². The van der Waals surface area contributed by atoms with Crippen molar-refractivity contribution >= 4 is 28.0 Å². The Morgan fingerprint density at radius 2 is 1.94 bits per heavy atom. The predicted octanol–water partition coefficient (Wildman–Crippen LogP) is 4.50. The van der Waals surface area contributed by atoms with E-state index in [-0.39, 0.29) is 17.9 Å². The van der Waals surface area contributed by atoms with Gasteiger partial charge >= 0.3 is 0 Å². The van der Waals surface area contributed by atoms with E-state index in [9.17, 15) is 17.8 Å². The molecule has 0 bridgehead atoms. The average molecular weight is 519 g/mol. The first-order valence-electron chi connectivity index (χ1n) is 11.0. The van der Waals surface area contributed by atoms with Crippen molar-refractivity contribution in [2.24, 2.45) is 5.73 Å². The number of nitrogens with zero attached hydrogens (tertiary/aromatic N) is 2. The van der Waals surface area contributed by atoms with E-state index in [2.05, 4.69) is 15.3 Å². The maximum Gasteiger partial charge on any atom is 0.227 e. The third kappa shape index (κ3) is 7.84. The topological polar surface area (TPSA) is 98.0 Å². The SMILES string of the molecule is Cc1c(F)cc(-c2cnc(CC(=O)NCc3ccnc(C(C)(C)N)c3)s2)cc1F.O=S1C=CCC1. The number of nitrogens with two attached hydrogens (primary N) is 1. The number of nitrogens with one attached hydrogen (secondary N) is 1. The number of hydrogen-bond acceptors (Lipinski definition) is 6. The normalized spacial score (nSPS) is 15.0. The number of thiazole rings is 1. The second-order valence-corrected chi connectivity index (χ2v) is 11.2. The minimum Gasteiger partial charge on any atom is -0.352 e. The Hall–Kier alpha value is -2.82. The number of carbonyl (C=O) groups excluding carboxylic acids is 1. The molecule has 0 aliphatic carbocycles. The van der Waals surface area contributed by atoms with Crippen LogP contribution in [0.2, 0.25) is 0 Å². The van der Waals surface area contributed by atoms with Crippen LogP contribution in [0.5, 0.6) is 0 Å². The van der Waals surface area contributed by atoms with Gasteiger partial charge in [0, 0.05) is 41.1 Å². The van der Waals surface area contributed by atoms with Crippen LogP contribution in [-0.4, -0.2) is 25.8 Å². The summed E-state index contributed by atoms with van der Waals surface area (Å²) in [4.78, 5) is 21.3. The smallest absolute Gasteiger partial charge is 0.227 e. The lowest BCUT2D eigenvalue weighted by Crippen LogP contribution is -2.30. The number of aromatic nitrogens is 2. The van der Waals surface area contributed by atoms with Gasteiger partial charge in [-0.25, -0.2) is 13.8 Å². The highest BCUT2D eigenvalue weighted by Crippen LogP contribution is 2.29. The zero-order valence-corrected chi connectivity index (χ0v) is 21.4. The van der Waals surface area contributed by atoms with Crippen molar-refractivity contribution in [3.8, 4) is 10.4 Å². The van der Waals surface area contributed by atoms with Crippen LogP contribution in [0.25, 0.3) is 10.4 Å². The van der Waals surface area contributed by atoms with Crippen LogP contribution in [0.3, 0.4) is 0 Å². The van der Waals surface area contributed by atoms with E-state index in [1.54, 1.807) is 11.6 Å². The van der Waals surface area contributed by atoms with Gasteiger partial charge in [0.15, 0.2) is 0 Å². The lowest BCUT2D eigenvalue weighted by atomic mass is 10.00.